The molecule has 0 bridgehead atoms. The molecule has 2 heterocycles. The predicted molar refractivity (Wildman–Crippen MR) is 288 cm³/mol. The smallest absolute Gasteiger partial charge is 0.307 e. The van der Waals surface area contributed by atoms with E-state index in [1.807, 2.05) is 88.9 Å². The van der Waals surface area contributed by atoms with Crippen molar-refractivity contribution in [3.05, 3.63) is 129 Å². The number of hydrogen-bond donors (Lipinski definition) is 7. The number of halogens is 2. The van der Waals surface area contributed by atoms with Gasteiger partial charge in [0.05, 0.1) is 38.3 Å². The van der Waals surface area contributed by atoms with Gasteiger partial charge in [0.25, 0.3) is 0 Å². The summed E-state index contributed by atoms with van der Waals surface area (Å²) in [6, 6.07) is 25.8. The molecule has 4 aromatic carbocycles. The first-order valence-corrected chi connectivity index (χ1v) is 25.3. The topological polar surface area (TPSA) is 216 Å². The van der Waals surface area contributed by atoms with Gasteiger partial charge in [0.15, 0.2) is 0 Å². The Labute approximate surface area is 438 Å². The summed E-state index contributed by atoms with van der Waals surface area (Å²) in [7, 11) is 11.3. The Kier molecular flexibility index (Phi) is 19.7. The van der Waals surface area contributed by atoms with Gasteiger partial charge >= 0.3 is 5.97 Å². The lowest BCUT2D eigenvalue weighted by Crippen LogP contribution is -2.50. The molecule has 17 heteroatoms. The van der Waals surface area contributed by atoms with Crippen molar-refractivity contribution in [3.63, 3.8) is 0 Å². The molecule has 0 spiro atoms. The molecule has 6 atom stereocenters. The zero-order chi connectivity index (χ0) is 53.0. The summed E-state index contributed by atoms with van der Waals surface area (Å²) < 4.78 is 10.7. The van der Waals surface area contributed by atoms with Gasteiger partial charge in [0.2, 0.25) is 17.7 Å². The molecule has 4 aliphatic rings. The highest BCUT2D eigenvalue weighted by atomic mass is 35.5. The van der Waals surface area contributed by atoms with Gasteiger partial charge in [-0.15, -0.1) is 0 Å². The summed E-state index contributed by atoms with van der Waals surface area (Å²) in [5, 5.41) is 41.7. The lowest BCUT2D eigenvalue weighted by Gasteiger charge is -2.44. The van der Waals surface area contributed by atoms with E-state index < -0.39 is 17.2 Å². The maximum atomic E-state index is 13.1. The van der Waals surface area contributed by atoms with Gasteiger partial charge in [-0.05, 0) is 138 Å². The zero-order valence-electron chi connectivity index (χ0n) is 42.6. The number of hydrogen-bond acceptors (Lipinski definition) is 11. The van der Waals surface area contributed by atoms with Crippen LogP contribution in [0.2, 0.25) is 10.0 Å². The van der Waals surface area contributed by atoms with Crippen molar-refractivity contribution in [2.24, 2.45) is 17.6 Å². The van der Waals surface area contributed by atoms with Crippen LogP contribution in [0.3, 0.4) is 0 Å². The highest BCUT2D eigenvalue weighted by molar-refractivity contribution is 6.31. The van der Waals surface area contributed by atoms with E-state index in [9.17, 15) is 29.4 Å². The minimum Gasteiger partial charge on any atom is -0.497 e. The highest BCUT2D eigenvalue weighted by Crippen LogP contribution is 2.44. The molecule has 2 saturated carbocycles. The number of carboxylic acids is 1. The Morgan fingerprint density at radius 2 is 1.16 bits per heavy atom. The summed E-state index contributed by atoms with van der Waals surface area (Å²) >= 11 is 12.0. The number of nitrogens with zero attached hydrogens (tertiary/aromatic N) is 2. The third-order valence-electron chi connectivity index (χ3n) is 13.9. The molecule has 0 radical (unpaired) electrons. The highest BCUT2D eigenvalue weighted by Gasteiger charge is 2.45. The molecule has 0 aromatic heterocycles. The number of carbonyl (C=O) groups excluding carboxylic acids is 3. The number of anilines is 2. The van der Waals surface area contributed by atoms with E-state index in [0.717, 1.165) is 47.4 Å². The van der Waals surface area contributed by atoms with Crippen LogP contribution >= 0.6 is 23.2 Å². The number of rotatable bonds is 13. The van der Waals surface area contributed by atoms with Gasteiger partial charge in [-0.3, -0.25) is 19.2 Å². The van der Waals surface area contributed by atoms with Crippen molar-refractivity contribution < 1.29 is 44.0 Å². The lowest BCUT2D eigenvalue weighted by molar-refractivity contribution is -0.135. The molecule has 2 aliphatic carbocycles. The number of nitrogens with two attached hydrogens (primary N) is 1. The molecular formula is C56H70Cl2N6O9. The van der Waals surface area contributed by atoms with Gasteiger partial charge in [-0.2, -0.15) is 0 Å². The van der Waals surface area contributed by atoms with Crippen molar-refractivity contribution >= 4 is 69.4 Å². The third-order valence-corrected chi connectivity index (χ3v) is 14.4. The van der Waals surface area contributed by atoms with Crippen LogP contribution in [-0.2, 0) is 30.4 Å². The van der Waals surface area contributed by atoms with Crippen LogP contribution in [-0.4, -0.2) is 116 Å². The standard InChI is InChI=1S/C28H34ClN3O4.C16H26N2O2.C12H10ClNO3/c1-32(2)17-20-14-22(11-12-28(20,35)19-5-4-6-23(15-19)36-3)30-27(34)13-18-7-10-26(33)31-25-16-21(29)8-9-24(18)25;1-18(2)11-13-9-14(17)7-8-16(13,19)12-5-4-6-15(10-12)20-3;13-8-2-3-9-7(5-12(16)17)1-4-11(15)14-10(9)6-8/h4-9,15-16,20,22,35H,10-14,17H2,1-3H3,(H,30,34)(H,31,33);4-6,10,13-14,19H,7-9,11,17H2,1-3H3;1-3,6H,4-5H2,(H,14,15)(H,16,17). The number of aliphatic carboxylic acids is 1. The van der Waals surface area contributed by atoms with Crippen LogP contribution < -0.4 is 31.2 Å². The molecule has 8 rings (SSSR count). The summed E-state index contributed by atoms with van der Waals surface area (Å²) in [4.78, 5) is 51.6. The van der Waals surface area contributed by atoms with Crippen molar-refractivity contribution in [1.82, 2.24) is 15.1 Å². The molecule has 8 N–H and O–H groups in total. The Balaban J connectivity index is 0.000000197. The number of benzene rings is 4. The molecular weight excluding hydrogens is 972 g/mol. The van der Waals surface area contributed by atoms with E-state index in [1.54, 1.807) is 50.6 Å². The molecule has 6 unspecified atom stereocenters. The fourth-order valence-electron chi connectivity index (χ4n) is 10.4. The maximum Gasteiger partial charge on any atom is 0.307 e. The number of aliphatic hydroxyl groups is 2. The van der Waals surface area contributed by atoms with Gasteiger partial charge in [0, 0.05) is 82.4 Å². The molecule has 2 fully saturated rings. The Bertz CT molecular complexity index is 2680. The van der Waals surface area contributed by atoms with E-state index in [4.69, 9.17) is 43.5 Å². The number of nitrogens with one attached hydrogen (secondary N) is 3. The first kappa shape index (κ1) is 56.5. The SMILES string of the molecule is COc1cccc(C2(O)CCC(N)CC2CN(C)C)c1.COc1cccc(C2(O)CCC(NC(=O)CC3=CCC(=O)Nc4cc(Cl)ccc43)CC2CN(C)C)c1.O=C(O)CC1=CCC(=O)Nc2cc(Cl)ccc21. The molecule has 0 saturated heterocycles. The predicted octanol–water partition coefficient (Wildman–Crippen LogP) is 8.31. The van der Waals surface area contributed by atoms with Crippen LogP contribution in [0.1, 0.15) is 86.5 Å². The average Bonchev–Trinajstić information content (AvgIpc) is 3.59. The van der Waals surface area contributed by atoms with Crippen LogP contribution in [0.4, 0.5) is 11.4 Å². The van der Waals surface area contributed by atoms with Crippen LogP contribution in [0.15, 0.2) is 97.1 Å². The number of amides is 3. The number of carboxylic acid groups (broad SMARTS) is 1. The van der Waals surface area contributed by atoms with Crippen molar-refractivity contribution in [2.45, 2.75) is 87.5 Å². The molecule has 3 amide bonds. The van der Waals surface area contributed by atoms with Crippen LogP contribution in [0.5, 0.6) is 11.5 Å². The Morgan fingerprint density at radius 3 is 1.63 bits per heavy atom. The monoisotopic (exact) mass is 1040 g/mol. The molecule has 4 aromatic rings. The average molecular weight is 1040 g/mol. The molecule has 15 nitrogen and oxygen atoms in total. The summed E-state index contributed by atoms with van der Waals surface area (Å²) in [5.41, 5.74) is 10.2. The summed E-state index contributed by atoms with van der Waals surface area (Å²) in [5.74, 6) is 0.247. The summed E-state index contributed by atoms with van der Waals surface area (Å²) in [6.45, 7) is 1.52. The minimum absolute atomic E-state index is 0.0517. The van der Waals surface area contributed by atoms with Gasteiger partial charge in [0.1, 0.15) is 11.5 Å². The van der Waals surface area contributed by atoms with Crippen molar-refractivity contribution in [2.75, 3.05) is 66.1 Å². The van der Waals surface area contributed by atoms with Crippen molar-refractivity contribution in [3.8, 4) is 11.5 Å². The quantitative estimate of drug-likeness (QED) is 0.0673. The molecule has 392 valence electrons. The van der Waals surface area contributed by atoms with E-state index in [0.29, 0.717) is 70.5 Å². The van der Waals surface area contributed by atoms with E-state index in [-0.39, 0.29) is 67.3 Å². The van der Waals surface area contributed by atoms with Gasteiger partial charge in [-0.25, -0.2) is 0 Å². The Morgan fingerprint density at radius 1 is 0.699 bits per heavy atom. The largest absolute Gasteiger partial charge is 0.497 e. The number of fused-ring (bicyclic) bond motifs is 2. The molecule has 73 heavy (non-hydrogen) atoms. The normalized spacial score (nSPS) is 23.5. The Hall–Kier alpha value is -5.78. The van der Waals surface area contributed by atoms with Crippen molar-refractivity contribution in [1.29, 1.82) is 0 Å². The van der Waals surface area contributed by atoms with E-state index in [2.05, 4.69) is 25.8 Å². The second-order valence-corrected chi connectivity index (χ2v) is 20.8. The first-order valence-electron chi connectivity index (χ1n) is 24.6. The fraction of sp³-hybridized carbons (Fsp3) is 0.429. The van der Waals surface area contributed by atoms with Crippen LogP contribution in [0.25, 0.3) is 11.1 Å². The number of ether oxygens (including phenoxy) is 2. The van der Waals surface area contributed by atoms with E-state index >= 15 is 0 Å². The number of carbonyl (C=O) groups is 4. The first-order chi connectivity index (χ1) is 34.7. The van der Waals surface area contributed by atoms with Crippen LogP contribution in [0, 0.1) is 11.8 Å². The van der Waals surface area contributed by atoms with Gasteiger partial charge < -0.3 is 56.3 Å². The maximum absolute atomic E-state index is 13.1. The second-order valence-electron chi connectivity index (χ2n) is 19.9. The molecule has 2 aliphatic heterocycles. The third kappa shape index (κ3) is 15.2. The second kappa shape index (κ2) is 25.4. The fourth-order valence-corrected chi connectivity index (χ4v) is 10.7. The lowest BCUT2D eigenvalue weighted by atomic mass is 9.69. The minimum atomic E-state index is -1.01. The number of methoxy groups -OCH3 is 2. The zero-order valence-corrected chi connectivity index (χ0v) is 44.1. The van der Waals surface area contributed by atoms with E-state index in [1.165, 1.54) is 0 Å². The van der Waals surface area contributed by atoms with Gasteiger partial charge in [-0.1, -0.05) is 71.8 Å². The summed E-state index contributed by atoms with van der Waals surface area (Å²) in [6.07, 6.45) is 8.16.